The van der Waals surface area contributed by atoms with Crippen LogP contribution in [-0.4, -0.2) is 8.42 Å². The number of nitrogens with one attached hydrogen (secondary N) is 1. The number of sulfonamides is 1. The van der Waals surface area contributed by atoms with E-state index in [0.717, 1.165) is 6.07 Å². The van der Waals surface area contributed by atoms with Gasteiger partial charge >= 0.3 is 0 Å². The van der Waals surface area contributed by atoms with Crippen LogP contribution in [0.25, 0.3) is 0 Å². The molecule has 0 bridgehead atoms. The molecule has 0 unspecified atom stereocenters. The second kappa shape index (κ2) is 5.19. The lowest BCUT2D eigenvalue weighted by molar-refractivity contribution is 0.570. The van der Waals surface area contributed by atoms with Gasteiger partial charge in [0.25, 0.3) is 10.0 Å². The maximum atomic E-state index is 13.5. The minimum absolute atomic E-state index is 0.329. The summed E-state index contributed by atoms with van der Waals surface area (Å²) in [6, 6.07) is 10.0. The van der Waals surface area contributed by atoms with Crippen molar-refractivity contribution in [2.75, 3.05) is 4.72 Å². The smallest absolute Gasteiger partial charge is 0.264 e. The van der Waals surface area contributed by atoms with E-state index in [2.05, 4.69) is 4.72 Å². The molecule has 100 valence electrons. The van der Waals surface area contributed by atoms with Crippen LogP contribution in [0.2, 0.25) is 5.02 Å². The molecule has 0 fully saturated rings. The first kappa shape index (κ1) is 13.8. The van der Waals surface area contributed by atoms with Crippen LogP contribution in [0.1, 0.15) is 5.56 Å². The van der Waals surface area contributed by atoms with E-state index in [9.17, 15) is 12.8 Å². The fourth-order valence-corrected chi connectivity index (χ4v) is 2.94. The van der Waals surface area contributed by atoms with E-state index >= 15 is 0 Å². The monoisotopic (exact) mass is 299 g/mol. The van der Waals surface area contributed by atoms with Crippen molar-refractivity contribution in [2.45, 2.75) is 11.8 Å². The Labute approximate surface area is 116 Å². The van der Waals surface area contributed by atoms with Gasteiger partial charge in [0.1, 0.15) is 10.7 Å². The average molecular weight is 300 g/mol. The van der Waals surface area contributed by atoms with Crippen LogP contribution < -0.4 is 4.72 Å². The molecular weight excluding hydrogens is 289 g/mol. The highest BCUT2D eigenvalue weighted by Gasteiger charge is 2.19. The van der Waals surface area contributed by atoms with Gasteiger partial charge < -0.3 is 0 Å². The highest BCUT2D eigenvalue weighted by atomic mass is 35.5. The van der Waals surface area contributed by atoms with Crippen LogP contribution in [0.5, 0.6) is 0 Å². The summed E-state index contributed by atoms with van der Waals surface area (Å²) in [7, 11) is -3.97. The zero-order chi connectivity index (χ0) is 14.0. The predicted octanol–water partition coefficient (Wildman–Crippen LogP) is 3.59. The van der Waals surface area contributed by atoms with Crippen molar-refractivity contribution in [1.82, 2.24) is 0 Å². The molecule has 2 aromatic rings. The normalized spacial score (nSPS) is 11.3. The van der Waals surface area contributed by atoms with Crippen molar-refractivity contribution >= 4 is 27.3 Å². The lowest BCUT2D eigenvalue weighted by atomic mass is 10.2. The number of benzene rings is 2. The molecule has 19 heavy (non-hydrogen) atoms. The molecule has 0 amide bonds. The zero-order valence-corrected chi connectivity index (χ0v) is 11.6. The summed E-state index contributed by atoms with van der Waals surface area (Å²) in [6.45, 7) is 1.73. The van der Waals surface area contributed by atoms with Crippen molar-refractivity contribution in [1.29, 1.82) is 0 Å². The van der Waals surface area contributed by atoms with Gasteiger partial charge in [-0.15, -0.1) is 0 Å². The van der Waals surface area contributed by atoms with E-state index in [1.165, 1.54) is 24.3 Å². The maximum Gasteiger partial charge on any atom is 0.264 e. The standard InChI is InChI=1S/C13H11ClFNO2S/c1-9-6-7-10(14)8-12(9)16-19(17,18)13-5-3-2-4-11(13)15/h2-8,16H,1H3. The summed E-state index contributed by atoms with van der Waals surface area (Å²) in [5.74, 6) is -0.797. The van der Waals surface area contributed by atoms with Crippen molar-refractivity contribution < 1.29 is 12.8 Å². The van der Waals surface area contributed by atoms with Crippen LogP contribution in [0.15, 0.2) is 47.4 Å². The summed E-state index contributed by atoms with van der Waals surface area (Å²) in [4.78, 5) is -0.394. The van der Waals surface area contributed by atoms with Gasteiger partial charge in [0.15, 0.2) is 0 Å². The first-order valence-electron chi connectivity index (χ1n) is 5.43. The van der Waals surface area contributed by atoms with Crippen molar-refractivity contribution in [3.8, 4) is 0 Å². The quantitative estimate of drug-likeness (QED) is 0.941. The number of anilines is 1. The molecule has 0 aliphatic carbocycles. The topological polar surface area (TPSA) is 46.2 Å². The van der Waals surface area contributed by atoms with Crippen LogP contribution in [0.4, 0.5) is 10.1 Å². The second-order valence-electron chi connectivity index (χ2n) is 4.00. The number of aryl methyl sites for hydroxylation is 1. The highest BCUT2D eigenvalue weighted by molar-refractivity contribution is 7.92. The molecule has 2 rings (SSSR count). The van der Waals surface area contributed by atoms with Gasteiger partial charge in [-0.2, -0.15) is 0 Å². The number of hydrogen-bond donors (Lipinski definition) is 1. The third kappa shape index (κ3) is 3.05. The lowest BCUT2D eigenvalue weighted by Crippen LogP contribution is -2.15. The molecule has 0 atom stereocenters. The van der Waals surface area contributed by atoms with Gasteiger partial charge in [0, 0.05) is 5.02 Å². The predicted molar refractivity (Wildman–Crippen MR) is 73.4 cm³/mol. The van der Waals surface area contributed by atoms with Crippen molar-refractivity contribution in [2.24, 2.45) is 0 Å². The third-order valence-electron chi connectivity index (χ3n) is 2.57. The number of halogens is 2. The molecule has 0 spiro atoms. The van der Waals surface area contributed by atoms with E-state index < -0.39 is 20.7 Å². The van der Waals surface area contributed by atoms with Crippen LogP contribution >= 0.6 is 11.6 Å². The van der Waals surface area contributed by atoms with Crippen LogP contribution in [0, 0.1) is 12.7 Å². The van der Waals surface area contributed by atoms with Gasteiger partial charge in [-0.05, 0) is 36.8 Å². The van der Waals surface area contributed by atoms with Crippen LogP contribution in [-0.2, 0) is 10.0 Å². The molecule has 0 heterocycles. The Morgan fingerprint density at radius 3 is 2.53 bits per heavy atom. The Balaban J connectivity index is 2.43. The SMILES string of the molecule is Cc1ccc(Cl)cc1NS(=O)(=O)c1ccccc1F. The van der Waals surface area contributed by atoms with Crippen molar-refractivity contribution in [3.63, 3.8) is 0 Å². The Kier molecular flexibility index (Phi) is 3.78. The summed E-state index contributed by atoms with van der Waals surface area (Å²) < 4.78 is 40.0. The fraction of sp³-hybridized carbons (Fsp3) is 0.0769. The first-order valence-corrected chi connectivity index (χ1v) is 7.30. The zero-order valence-electron chi connectivity index (χ0n) is 10.0. The minimum Gasteiger partial charge on any atom is -0.279 e. The molecule has 2 aromatic carbocycles. The Morgan fingerprint density at radius 2 is 1.84 bits per heavy atom. The van der Waals surface area contributed by atoms with E-state index in [-0.39, 0.29) is 0 Å². The fourth-order valence-electron chi connectivity index (χ4n) is 1.57. The molecule has 0 aliphatic rings. The Hall–Kier alpha value is -1.59. The molecule has 6 heteroatoms. The van der Waals surface area contributed by atoms with E-state index in [4.69, 9.17) is 11.6 Å². The summed E-state index contributed by atoms with van der Waals surface area (Å²) >= 11 is 5.81. The minimum atomic E-state index is -3.97. The molecule has 1 N–H and O–H groups in total. The Morgan fingerprint density at radius 1 is 1.16 bits per heavy atom. The first-order chi connectivity index (χ1) is 8.90. The Bertz CT molecular complexity index is 716. The van der Waals surface area contributed by atoms with Crippen molar-refractivity contribution in [3.05, 3.63) is 58.9 Å². The van der Waals surface area contributed by atoms with Gasteiger partial charge in [0.2, 0.25) is 0 Å². The molecule has 0 aromatic heterocycles. The van der Waals surface area contributed by atoms with Gasteiger partial charge in [-0.25, -0.2) is 12.8 Å². The average Bonchev–Trinajstić information content (AvgIpc) is 2.34. The number of rotatable bonds is 3. The highest BCUT2D eigenvalue weighted by Crippen LogP contribution is 2.24. The number of hydrogen-bond acceptors (Lipinski definition) is 2. The second-order valence-corrected chi connectivity index (χ2v) is 6.08. The summed E-state index contributed by atoms with van der Waals surface area (Å²) in [6.07, 6.45) is 0. The molecule has 0 radical (unpaired) electrons. The van der Waals surface area contributed by atoms with Crippen LogP contribution in [0.3, 0.4) is 0 Å². The van der Waals surface area contributed by atoms with Gasteiger partial charge in [0.05, 0.1) is 5.69 Å². The molecule has 0 saturated heterocycles. The van der Waals surface area contributed by atoms with Gasteiger partial charge in [-0.3, -0.25) is 4.72 Å². The van der Waals surface area contributed by atoms with Gasteiger partial charge in [-0.1, -0.05) is 29.8 Å². The molecule has 0 aliphatic heterocycles. The molecule has 3 nitrogen and oxygen atoms in total. The lowest BCUT2D eigenvalue weighted by Gasteiger charge is -2.11. The largest absolute Gasteiger partial charge is 0.279 e. The van der Waals surface area contributed by atoms with E-state index in [1.807, 2.05) is 0 Å². The van der Waals surface area contributed by atoms with E-state index in [1.54, 1.807) is 19.1 Å². The van der Waals surface area contributed by atoms with E-state index in [0.29, 0.717) is 16.3 Å². The molecule has 0 saturated carbocycles. The summed E-state index contributed by atoms with van der Waals surface area (Å²) in [5, 5.41) is 0.400. The maximum absolute atomic E-state index is 13.5. The molecular formula is C13H11ClFNO2S. The third-order valence-corrected chi connectivity index (χ3v) is 4.20. The summed E-state index contributed by atoms with van der Waals surface area (Å²) in [5.41, 5.74) is 1.03.